The van der Waals surface area contributed by atoms with Gasteiger partial charge in [-0.25, -0.2) is 0 Å². The van der Waals surface area contributed by atoms with E-state index >= 15 is 0 Å². The van der Waals surface area contributed by atoms with E-state index in [0.717, 1.165) is 18.6 Å². The van der Waals surface area contributed by atoms with Crippen LogP contribution in [0.5, 0.6) is 0 Å². The Hall–Kier alpha value is -0.800. The van der Waals surface area contributed by atoms with Crippen LogP contribution in [-0.2, 0) is 11.3 Å². The van der Waals surface area contributed by atoms with E-state index in [1.165, 1.54) is 0 Å². The lowest BCUT2D eigenvalue weighted by atomic mass is 10.2. The normalized spacial score (nSPS) is 13.1. The maximum Gasteiger partial charge on any atom is 0.129 e. The molecule has 0 bridgehead atoms. The van der Waals surface area contributed by atoms with E-state index < -0.39 is 0 Å². The minimum Gasteiger partial charge on any atom is -0.467 e. The number of furan rings is 1. The molecule has 0 fully saturated rings. The molecule has 1 aromatic heterocycles. The van der Waals surface area contributed by atoms with Crippen LogP contribution < -0.4 is 5.73 Å². The number of ether oxygens (including phenoxy) is 1. The van der Waals surface area contributed by atoms with Crippen molar-refractivity contribution in [1.29, 1.82) is 0 Å². The van der Waals surface area contributed by atoms with Gasteiger partial charge in [0.25, 0.3) is 0 Å². The first-order valence-electron chi connectivity index (χ1n) is 4.70. The first-order valence-corrected chi connectivity index (χ1v) is 4.70. The lowest BCUT2D eigenvalue weighted by Gasteiger charge is -2.13. The molecule has 1 heterocycles. The molecule has 0 amide bonds. The van der Waals surface area contributed by atoms with Crippen LogP contribution in [-0.4, -0.2) is 12.6 Å². The summed E-state index contributed by atoms with van der Waals surface area (Å²) in [4.78, 5) is 0. The average molecular weight is 183 g/mol. The maximum absolute atomic E-state index is 5.56. The lowest BCUT2D eigenvalue weighted by molar-refractivity contribution is 0.0309. The van der Waals surface area contributed by atoms with Crippen LogP contribution in [0.25, 0.3) is 0 Å². The van der Waals surface area contributed by atoms with Crippen LogP contribution in [0.2, 0.25) is 0 Å². The molecule has 0 spiro atoms. The van der Waals surface area contributed by atoms with Crippen LogP contribution in [0, 0.1) is 0 Å². The Labute approximate surface area is 78.9 Å². The number of hydrogen-bond acceptors (Lipinski definition) is 3. The monoisotopic (exact) mass is 183 g/mol. The van der Waals surface area contributed by atoms with Gasteiger partial charge in [0.05, 0.1) is 12.4 Å². The van der Waals surface area contributed by atoms with Gasteiger partial charge >= 0.3 is 0 Å². The molecule has 0 aromatic carbocycles. The molecule has 0 saturated heterocycles. The van der Waals surface area contributed by atoms with Gasteiger partial charge in [-0.2, -0.15) is 0 Å². The summed E-state index contributed by atoms with van der Waals surface area (Å²) < 4.78 is 10.7. The second-order valence-corrected chi connectivity index (χ2v) is 3.04. The van der Waals surface area contributed by atoms with Crippen molar-refractivity contribution in [3.05, 3.63) is 24.2 Å². The van der Waals surface area contributed by atoms with Gasteiger partial charge in [0.15, 0.2) is 0 Å². The van der Waals surface area contributed by atoms with Gasteiger partial charge < -0.3 is 14.9 Å². The second-order valence-electron chi connectivity index (χ2n) is 3.04. The molecule has 2 N–H and O–H groups in total. The standard InChI is InChI=1S/C10H17NO2/c1-2-4-9(7-11)13-8-10-5-3-6-12-10/h3,5-6,9H,2,4,7-8,11H2,1H3. The summed E-state index contributed by atoms with van der Waals surface area (Å²) in [5.74, 6) is 0.856. The topological polar surface area (TPSA) is 48.4 Å². The third-order valence-electron chi connectivity index (χ3n) is 1.91. The molecule has 0 saturated carbocycles. The molecular formula is C10H17NO2. The van der Waals surface area contributed by atoms with Crippen molar-refractivity contribution in [3.63, 3.8) is 0 Å². The Kier molecular flexibility index (Phi) is 4.57. The lowest BCUT2D eigenvalue weighted by Crippen LogP contribution is -2.23. The molecule has 0 aliphatic heterocycles. The van der Waals surface area contributed by atoms with Crippen molar-refractivity contribution in [2.45, 2.75) is 32.5 Å². The van der Waals surface area contributed by atoms with Crippen molar-refractivity contribution >= 4 is 0 Å². The van der Waals surface area contributed by atoms with E-state index in [4.69, 9.17) is 14.9 Å². The maximum atomic E-state index is 5.56. The molecule has 0 aliphatic rings. The van der Waals surface area contributed by atoms with Crippen molar-refractivity contribution in [1.82, 2.24) is 0 Å². The van der Waals surface area contributed by atoms with Gasteiger partial charge in [0.2, 0.25) is 0 Å². The van der Waals surface area contributed by atoms with Gasteiger partial charge in [-0.05, 0) is 18.6 Å². The van der Waals surface area contributed by atoms with Crippen LogP contribution in [0.15, 0.2) is 22.8 Å². The fraction of sp³-hybridized carbons (Fsp3) is 0.600. The zero-order valence-corrected chi connectivity index (χ0v) is 8.03. The average Bonchev–Trinajstić information content (AvgIpc) is 2.64. The zero-order chi connectivity index (χ0) is 9.52. The first kappa shape index (κ1) is 10.3. The van der Waals surface area contributed by atoms with E-state index in [2.05, 4.69) is 6.92 Å². The molecule has 0 aliphatic carbocycles. The number of hydrogen-bond donors (Lipinski definition) is 1. The summed E-state index contributed by atoms with van der Waals surface area (Å²) in [6.45, 7) is 3.22. The summed E-state index contributed by atoms with van der Waals surface area (Å²) in [6.07, 6.45) is 3.92. The zero-order valence-electron chi connectivity index (χ0n) is 8.03. The SMILES string of the molecule is CCCC(CN)OCc1ccco1. The van der Waals surface area contributed by atoms with E-state index in [9.17, 15) is 0 Å². The van der Waals surface area contributed by atoms with Crippen LogP contribution in [0.4, 0.5) is 0 Å². The summed E-state index contributed by atoms with van der Waals surface area (Å²) in [6, 6.07) is 3.76. The summed E-state index contributed by atoms with van der Waals surface area (Å²) in [5, 5.41) is 0. The fourth-order valence-electron chi connectivity index (χ4n) is 1.19. The molecule has 74 valence electrons. The van der Waals surface area contributed by atoms with Crippen molar-refractivity contribution in [3.8, 4) is 0 Å². The third kappa shape index (κ3) is 3.61. The van der Waals surface area contributed by atoms with Crippen molar-refractivity contribution in [2.75, 3.05) is 6.54 Å². The number of nitrogens with two attached hydrogens (primary N) is 1. The second kappa shape index (κ2) is 5.78. The molecule has 13 heavy (non-hydrogen) atoms. The predicted molar refractivity (Wildman–Crippen MR) is 51.2 cm³/mol. The van der Waals surface area contributed by atoms with Gasteiger partial charge in [0.1, 0.15) is 12.4 Å². The molecule has 3 heteroatoms. The Morgan fingerprint density at radius 2 is 2.46 bits per heavy atom. The highest BCUT2D eigenvalue weighted by Gasteiger charge is 2.06. The minimum absolute atomic E-state index is 0.162. The molecular weight excluding hydrogens is 166 g/mol. The Balaban J connectivity index is 2.23. The van der Waals surface area contributed by atoms with Crippen LogP contribution in [0.1, 0.15) is 25.5 Å². The Morgan fingerprint density at radius 3 is 3.00 bits per heavy atom. The fourth-order valence-corrected chi connectivity index (χ4v) is 1.19. The highest BCUT2D eigenvalue weighted by atomic mass is 16.5. The smallest absolute Gasteiger partial charge is 0.129 e. The molecule has 1 unspecified atom stereocenters. The first-order chi connectivity index (χ1) is 6.36. The highest BCUT2D eigenvalue weighted by molar-refractivity contribution is 4.96. The summed E-state index contributed by atoms with van der Waals surface area (Å²) in [7, 11) is 0. The van der Waals surface area contributed by atoms with Crippen molar-refractivity contribution in [2.24, 2.45) is 5.73 Å². The Morgan fingerprint density at radius 1 is 1.62 bits per heavy atom. The quantitative estimate of drug-likeness (QED) is 0.733. The molecule has 3 nitrogen and oxygen atoms in total. The third-order valence-corrected chi connectivity index (χ3v) is 1.91. The molecule has 1 rings (SSSR count). The van der Waals surface area contributed by atoms with Gasteiger partial charge in [0, 0.05) is 6.54 Å². The highest BCUT2D eigenvalue weighted by Crippen LogP contribution is 2.07. The Bertz CT molecular complexity index is 209. The number of rotatable bonds is 6. The molecule has 1 aromatic rings. The van der Waals surface area contributed by atoms with Gasteiger partial charge in [-0.3, -0.25) is 0 Å². The summed E-state index contributed by atoms with van der Waals surface area (Å²) >= 11 is 0. The van der Waals surface area contributed by atoms with Gasteiger partial charge in [-0.1, -0.05) is 13.3 Å². The van der Waals surface area contributed by atoms with Crippen molar-refractivity contribution < 1.29 is 9.15 Å². The van der Waals surface area contributed by atoms with E-state index in [0.29, 0.717) is 13.2 Å². The summed E-state index contributed by atoms with van der Waals surface area (Å²) in [5.41, 5.74) is 5.54. The minimum atomic E-state index is 0.162. The van der Waals surface area contributed by atoms with E-state index in [1.807, 2.05) is 12.1 Å². The molecule has 1 atom stereocenters. The van der Waals surface area contributed by atoms with Crippen LogP contribution in [0.3, 0.4) is 0 Å². The largest absolute Gasteiger partial charge is 0.467 e. The van der Waals surface area contributed by atoms with E-state index in [-0.39, 0.29) is 6.10 Å². The molecule has 0 radical (unpaired) electrons. The predicted octanol–water partition coefficient (Wildman–Crippen LogP) is 1.92. The van der Waals surface area contributed by atoms with Gasteiger partial charge in [-0.15, -0.1) is 0 Å². The van der Waals surface area contributed by atoms with Crippen LogP contribution >= 0.6 is 0 Å². The van der Waals surface area contributed by atoms with E-state index in [1.54, 1.807) is 6.26 Å².